The van der Waals surface area contributed by atoms with E-state index in [1.54, 1.807) is 24.3 Å². The summed E-state index contributed by atoms with van der Waals surface area (Å²) in [6, 6.07) is 14.3. The van der Waals surface area contributed by atoms with E-state index in [0.29, 0.717) is 24.3 Å². The SMILES string of the molecule is CCCCCCCCCCCCCCCCOC(=O)c1ccc(C#CC#Cc2ccc(C(=O)OCCCCCCCCCCCCCCCC)cc2)cc1. The Morgan fingerprint density at radius 1 is 0.370 bits per heavy atom. The number of esters is 2. The second-order valence-electron chi connectivity index (χ2n) is 15.1. The van der Waals surface area contributed by atoms with E-state index in [4.69, 9.17) is 9.47 Å². The molecule has 2 aromatic carbocycles. The predicted molar refractivity (Wildman–Crippen MR) is 228 cm³/mol. The van der Waals surface area contributed by atoms with Crippen molar-refractivity contribution in [1.82, 2.24) is 0 Å². The summed E-state index contributed by atoms with van der Waals surface area (Å²) in [4.78, 5) is 24.9. The van der Waals surface area contributed by atoms with E-state index < -0.39 is 0 Å². The van der Waals surface area contributed by atoms with Crippen molar-refractivity contribution < 1.29 is 19.1 Å². The number of ether oxygens (including phenoxy) is 2. The highest BCUT2D eigenvalue weighted by Gasteiger charge is 2.07. The van der Waals surface area contributed by atoms with Crippen LogP contribution in [0.1, 0.15) is 225 Å². The first-order valence-electron chi connectivity index (χ1n) is 22.2. The van der Waals surface area contributed by atoms with Gasteiger partial charge in [0.1, 0.15) is 0 Å². The third kappa shape index (κ3) is 25.5. The largest absolute Gasteiger partial charge is 0.462 e. The van der Waals surface area contributed by atoms with Gasteiger partial charge in [-0.15, -0.1) is 0 Å². The van der Waals surface area contributed by atoms with Gasteiger partial charge in [-0.1, -0.05) is 193 Å². The number of benzene rings is 2. The third-order valence-electron chi connectivity index (χ3n) is 10.2. The van der Waals surface area contributed by atoms with Gasteiger partial charge in [0.05, 0.1) is 24.3 Å². The molecule has 2 aromatic rings. The molecule has 0 spiro atoms. The van der Waals surface area contributed by atoms with Crippen molar-refractivity contribution >= 4 is 11.9 Å². The van der Waals surface area contributed by atoms with Crippen LogP contribution in [-0.2, 0) is 9.47 Å². The quantitative estimate of drug-likeness (QED) is 0.0426. The molecule has 2 rings (SSSR count). The zero-order valence-corrected chi connectivity index (χ0v) is 34.5. The molecule has 0 heterocycles. The van der Waals surface area contributed by atoms with Crippen LogP contribution in [-0.4, -0.2) is 25.2 Å². The minimum Gasteiger partial charge on any atom is -0.462 e. The topological polar surface area (TPSA) is 52.6 Å². The molecule has 0 saturated heterocycles. The Labute approximate surface area is 331 Å². The monoisotopic (exact) mass is 739 g/mol. The van der Waals surface area contributed by atoms with E-state index in [2.05, 4.69) is 37.5 Å². The van der Waals surface area contributed by atoms with Gasteiger partial charge in [0.2, 0.25) is 0 Å². The molecule has 0 unspecified atom stereocenters. The molecule has 4 heteroatoms. The van der Waals surface area contributed by atoms with Crippen molar-refractivity contribution in [2.75, 3.05) is 13.2 Å². The standard InChI is InChI=1S/C50H74O4/c1-3-5-7-9-11-13-15-17-19-21-23-25-27-31-43-53-49(51)47-39-35-45(36-40-47)33-29-30-34-46-37-41-48(42-38-46)50(52)54-44-32-28-26-24-22-20-18-16-14-12-10-8-6-4-2/h35-42H,3-28,31-32,43-44H2,1-2H3. The fourth-order valence-electron chi connectivity index (χ4n) is 6.68. The van der Waals surface area contributed by atoms with Gasteiger partial charge >= 0.3 is 11.9 Å². The molecule has 0 aliphatic carbocycles. The average molecular weight is 739 g/mol. The lowest BCUT2D eigenvalue weighted by atomic mass is 10.0. The van der Waals surface area contributed by atoms with Crippen molar-refractivity contribution in [1.29, 1.82) is 0 Å². The first-order chi connectivity index (χ1) is 26.6. The van der Waals surface area contributed by atoms with Gasteiger partial charge in [-0.25, -0.2) is 9.59 Å². The number of carbonyl (C=O) groups is 2. The minimum absolute atomic E-state index is 0.286. The Morgan fingerprint density at radius 3 is 0.870 bits per heavy atom. The molecule has 0 aromatic heterocycles. The van der Waals surface area contributed by atoms with Gasteiger partial charge in [0.25, 0.3) is 0 Å². The Kier molecular flexibility index (Phi) is 29.4. The van der Waals surface area contributed by atoms with Crippen LogP contribution < -0.4 is 0 Å². The number of rotatable bonds is 32. The van der Waals surface area contributed by atoms with Crippen LogP contribution in [0, 0.1) is 23.7 Å². The Bertz CT molecular complexity index is 1230. The molecule has 0 N–H and O–H groups in total. The maximum atomic E-state index is 12.4. The fourth-order valence-corrected chi connectivity index (χ4v) is 6.68. The smallest absolute Gasteiger partial charge is 0.338 e. The van der Waals surface area contributed by atoms with E-state index in [1.165, 1.54) is 154 Å². The Balaban J connectivity index is 1.50. The van der Waals surface area contributed by atoms with E-state index in [0.717, 1.165) is 36.8 Å². The van der Waals surface area contributed by atoms with Gasteiger partial charge in [-0.3, -0.25) is 0 Å². The van der Waals surface area contributed by atoms with Gasteiger partial charge < -0.3 is 9.47 Å². The molecule has 0 aliphatic heterocycles. The molecule has 0 atom stereocenters. The van der Waals surface area contributed by atoms with Crippen molar-refractivity contribution in [3.05, 3.63) is 70.8 Å². The highest BCUT2D eigenvalue weighted by Crippen LogP contribution is 2.15. The Hall–Kier alpha value is -3.50. The second kappa shape index (κ2) is 34.0. The highest BCUT2D eigenvalue weighted by atomic mass is 16.5. The number of hydrogen-bond acceptors (Lipinski definition) is 4. The molecule has 0 radical (unpaired) electrons. The molecule has 4 nitrogen and oxygen atoms in total. The number of carbonyl (C=O) groups excluding carboxylic acids is 2. The van der Waals surface area contributed by atoms with Crippen molar-refractivity contribution in [3.63, 3.8) is 0 Å². The molecule has 298 valence electrons. The molecule has 0 aliphatic rings. The predicted octanol–water partition coefficient (Wildman–Crippen LogP) is 14.4. The van der Waals surface area contributed by atoms with Crippen molar-refractivity contribution in [3.8, 4) is 23.7 Å². The number of hydrogen-bond donors (Lipinski definition) is 0. The van der Waals surface area contributed by atoms with Crippen molar-refractivity contribution in [2.24, 2.45) is 0 Å². The lowest BCUT2D eigenvalue weighted by Gasteiger charge is -2.05. The zero-order valence-electron chi connectivity index (χ0n) is 34.5. The van der Waals surface area contributed by atoms with E-state index in [1.807, 2.05) is 24.3 Å². The van der Waals surface area contributed by atoms with E-state index >= 15 is 0 Å². The summed E-state index contributed by atoms with van der Waals surface area (Å²) in [5.41, 5.74) is 2.64. The van der Waals surface area contributed by atoms with Crippen LogP contribution in [0.15, 0.2) is 48.5 Å². The van der Waals surface area contributed by atoms with Crippen LogP contribution in [0.4, 0.5) is 0 Å². The molecule has 0 fully saturated rings. The average Bonchev–Trinajstić information content (AvgIpc) is 3.19. The van der Waals surface area contributed by atoms with Gasteiger partial charge in [-0.05, 0) is 73.2 Å². The summed E-state index contributed by atoms with van der Waals surface area (Å²) in [5.74, 6) is 11.2. The van der Waals surface area contributed by atoms with Crippen molar-refractivity contribution in [2.45, 2.75) is 194 Å². The maximum absolute atomic E-state index is 12.4. The highest BCUT2D eigenvalue weighted by molar-refractivity contribution is 5.90. The molecular formula is C50H74O4. The van der Waals surface area contributed by atoms with Crippen LogP contribution in [0.5, 0.6) is 0 Å². The van der Waals surface area contributed by atoms with E-state index in [-0.39, 0.29) is 11.9 Å². The summed E-state index contributed by atoms with van der Waals surface area (Å²) in [5, 5.41) is 0. The van der Waals surface area contributed by atoms with Crippen LogP contribution in [0.2, 0.25) is 0 Å². The molecule has 0 saturated carbocycles. The van der Waals surface area contributed by atoms with Gasteiger partial charge in [-0.2, -0.15) is 0 Å². The maximum Gasteiger partial charge on any atom is 0.338 e. The molecule has 0 bridgehead atoms. The van der Waals surface area contributed by atoms with Crippen LogP contribution in [0.3, 0.4) is 0 Å². The Morgan fingerprint density at radius 2 is 0.611 bits per heavy atom. The fraction of sp³-hybridized carbons (Fsp3) is 0.640. The summed E-state index contributed by atoms with van der Waals surface area (Å²) in [7, 11) is 0. The third-order valence-corrected chi connectivity index (χ3v) is 10.2. The summed E-state index contributed by atoms with van der Waals surface area (Å²) >= 11 is 0. The molecule has 54 heavy (non-hydrogen) atoms. The molecular weight excluding hydrogens is 665 g/mol. The normalized spacial score (nSPS) is 10.6. The van der Waals surface area contributed by atoms with Crippen LogP contribution >= 0.6 is 0 Å². The first-order valence-corrected chi connectivity index (χ1v) is 22.2. The lowest BCUT2D eigenvalue weighted by molar-refractivity contribution is 0.0488. The van der Waals surface area contributed by atoms with Crippen LogP contribution in [0.25, 0.3) is 0 Å². The van der Waals surface area contributed by atoms with Gasteiger partial charge in [0, 0.05) is 11.1 Å². The second-order valence-corrected chi connectivity index (χ2v) is 15.1. The zero-order chi connectivity index (χ0) is 38.6. The lowest BCUT2D eigenvalue weighted by Crippen LogP contribution is -2.06. The first kappa shape index (κ1) is 46.7. The van der Waals surface area contributed by atoms with E-state index in [9.17, 15) is 9.59 Å². The number of unbranched alkanes of at least 4 members (excludes halogenated alkanes) is 26. The summed E-state index contributed by atoms with van der Waals surface area (Å²) < 4.78 is 11.0. The summed E-state index contributed by atoms with van der Waals surface area (Å²) in [6.07, 6.45) is 36.6. The minimum atomic E-state index is -0.286. The van der Waals surface area contributed by atoms with Gasteiger partial charge in [0.15, 0.2) is 0 Å². The molecule has 0 amide bonds. The summed E-state index contributed by atoms with van der Waals surface area (Å²) in [6.45, 7) is 5.48.